The number of rotatable bonds is 4. The molecule has 0 heterocycles. The Kier molecular flexibility index (Phi) is 13.4. The Morgan fingerprint density at radius 3 is 1.91 bits per heavy atom. The van der Waals surface area contributed by atoms with Gasteiger partial charge < -0.3 is 9.64 Å². The van der Waals surface area contributed by atoms with E-state index in [1.807, 2.05) is 6.92 Å². The number of hydrogen-bond acceptors (Lipinski definition) is 3. The maximum atomic E-state index is 9.66. The molecule has 0 fully saturated rings. The molecule has 11 heavy (non-hydrogen) atoms. The first-order valence-electron chi connectivity index (χ1n) is 3.43. The van der Waals surface area contributed by atoms with Gasteiger partial charge in [0, 0.05) is 13.6 Å². The Labute approximate surface area is 67.1 Å². The predicted molar refractivity (Wildman–Crippen MR) is 42.1 cm³/mol. The van der Waals surface area contributed by atoms with Crippen LogP contribution in [0.15, 0.2) is 0 Å². The highest BCUT2D eigenvalue weighted by molar-refractivity contribution is 5.45. The zero-order chi connectivity index (χ0) is 9.11. The Bertz CT molecular complexity index is 95.7. The molecule has 0 aliphatic rings. The summed E-state index contributed by atoms with van der Waals surface area (Å²) < 4.78 is 4.15. The summed E-state index contributed by atoms with van der Waals surface area (Å²) in [7, 11) is 1.74. The lowest BCUT2D eigenvalue weighted by Crippen LogP contribution is -2.13. The minimum absolute atomic E-state index is 0.431. The molecular formula is C7H15NO3. The largest absolute Gasteiger partial charge is 0.468 e. The van der Waals surface area contributed by atoms with Crippen LogP contribution in [0.1, 0.15) is 13.8 Å². The second kappa shape index (κ2) is 11.7. The number of carbonyl (C=O) groups excluding carboxylic acids is 2. The number of amides is 1. The van der Waals surface area contributed by atoms with Crippen molar-refractivity contribution >= 4 is 12.9 Å². The molecule has 0 N–H and O–H groups in total. The van der Waals surface area contributed by atoms with E-state index in [0.717, 1.165) is 13.0 Å². The summed E-state index contributed by atoms with van der Waals surface area (Å²) in [5.74, 6) is 0. The van der Waals surface area contributed by atoms with Gasteiger partial charge in [-0.25, -0.2) is 0 Å². The maximum absolute atomic E-state index is 9.66. The molecule has 66 valence electrons. The van der Waals surface area contributed by atoms with Crippen molar-refractivity contribution in [2.75, 3.05) is 20.2 Å². The molecule has 0 aromatic heterocycles. The van der Waals surface area contributed by atoms with Crippen LogP contribution in [0, 0.1) is 0 Å². The zero-order valence-corrected chi connectivity index (χ0v) is 7.24. The first-order valence-corrected chi connectivity index (χ1v) is 3.43. The van der Waals surface area contributed by atoms with Crippen LogP contribution in [0.5, 0.6) is 0 Å². The molecule has 0 rings (SSSR count). The molecule has 0 aliphatic carbocycles. The lowest BCUT2D eigenvalue weighted by Gasteiger charge is -2.01. The molecule has 0 aromatic carbocycles. The fourth-order valence-corrected chi connectivity index (χ4v) is 0.143. The van der Waals surface area contributed by atoms with Crippen molar-refractivity contribution in [2.45, 2.75) is 13.8 Å². The second-order valence-corrected chi connectivity index (χ2v) is 1.73. The van der Waals surface area contributed by atoms with Crippen LogP contribution in [0.3, 0.4) is 0 Å². The summed E-state index contributed by atoms with van der Waals surface area (Å²) >= 11 is 0. The average molecular weight is 161 g/mol. The highest BCUT2D eigenvalue weighted by atomic mass is 16.5. The third kappa shape index (κ3) is 17.6. The van der Waals surface area contributed by atoms with Crippen LogP contribution in [-0.4, -0.2) is 38.0 Å². The third-order valence-electron chi connectivity index (χ3n) is 0.913. The molecule has 0 spiro atoms. The van der Waals surface area contributed by atoms with Gasteiger partial charge in [-0.05, 0) is 13.8 Å². The van der Waals surface area contributed by atoms with Crippen LogP contribution in [-0.2, 0) is 14.3 Å². The van der Waals surface area contributed by atoms with Gasteiger partial charge in [-0.1, -0.05) is 0 Å². The Balaban J connectivity index is 0. The Hall–Kier alpha value is -1.06. The zero-order valence-electron chi connectivity index (χ0n) is 7.24. The topological polar surface area (TPSA) is 46.6 Å². The van der Waals surface area contributed by atoms with Crippen molar-refractivity contribution in [1.82, 2.24) is 4.90 Å². The van der Waals surface area contributed by atoms with Crippen molar-refractivity contribution in [3.05, 3.63) is 0 Å². The van der Waals surface area contributed by atoms with Crippen LogP contribution in [0.2, 0.25) is 0 Å². The quantitative estimate of drug-likeness (QED) is 0.556. The van der Waals surface area contributed by atoms with Crippen LogP contribution < -0.4 is 0 Å². The summed E-state index contributed by atoms with van der Waals surface area (Å²) in [6.45, 7) is 5.38. The average Bonchev–Trinajstić information content (AvgIpc) is 2.06. The van der Waals surface area contributed by atoms with Crippen LogP contribution >= 0.6 is 0 Å². The van der Waals surface area contributed by atoms with Gasteiger partial charge in [-0.3, -0.25) is 9.59 Å². The van der Waals surface area contributed by atoms with Crippen LogP contribution in [0.4, 0.5) is 0 Å². The molecule has 0 radical (unpaired) electrons. The van der Waals surface area contributed by atoms with E-state index in [4.69, 9.17) is 0 Å². The molecule has 1 amide bonds. The fourth-order valence-electron chi connectivity index (χ4n) is 0.143. The van der Waals surface area contributed by atoms with Gasteiger partial charge in [0.05, 0.1) is 6.61 Å². The highest BCUT2D eigenvalue weighted by Gasteiger charge is 1.79. The van der Waals surface area contributed by atoms with Crippen molar-refractivity contribution in [3.8, 4) is 0 Å². The van der Waals surface area contributed by atoms with E-state index < -0.39 is 0 Å². The fraction of sp³-hybridized carbons (Fsp3) is 0.714. The third-order valence-corrected chi connectivity index (χ3v) is 0.913. The summed E-state index contributed by atoms with van der Waals surface area (Å²) in [6.07, 6.45) is 0.806. The number of carbonyl (C=O) groups is 2. The van der Waals surface area contributed by atoms with E-state index in [-0.39, 0.29) is 0 Å². The molecule has 0 bridgehead atoms. The van der Waals surface area contributed by atoms with Crippen molar-refractivity contribution in [3.63, 3.8) is 0 Å². The molecule has 0 unspecified atom stereocenters. The van der Waals surface area contributed by atoms with E-state index in [2.05, 4.69) is 4.74 Å². The highest BCUT2D eigenvalue weighted by Crippen LogP contribution is 1.66. The number of nitrogens with zero attached hydrogens (tertiary/aromatic N) is 1. The predicted octanol–water partition coefficient (Wildman–Crippen LogP) is 0.274. The van der Waals surface area contributed by atoms with Crippen molar-refractivity contribution in [1.29, 1.82) is 0 Å². The number of ether oxygens (including phenoxy) is 1. The maximum Gasteiger partial charge on any atom is 0.293 e. The molecule has 0 saturated heterocycles. The monoisotopic (exact) mass is 161 g/mol. The van der Waals surface area contributed by atoms with E-state index in [0.29, 0.717) is 13.1 Å². The molecule has 0 aromatic rings. The van der Waals surface area contributed by atoms with Gasteiger partial charge in [-0.15, -0.1) is 0 Å². The lowest BCUT2D eigenvalue weighted by molar-refractivity contribution is -0.128. The normalized spacial score (nSPS) is 7.18. The van der Waals surface area contributed by atoms with Gasteiger partial charge >= 0.3 is 0 Å². The summed E-state index contributed by atoms with van der Waals surface area (Å²) in [4.78, 5) is 20.4. The van der Waals surface area contributed by atoms with Crippen LogP contribution in [0.25, 0.3) is 0 Å². The molecule has 0 saturated carbocycles. The number of hydrogen-bond donors (Lipinski definition) is 0. The summed E-state index contributed by atoms with van der Waals surface area (Å²) in [5, 5.41) is 0. The van der Waals surface area contributed by atoms with E-state index in [1.54, 1.807) is 18.9 Å². The first-order chi connectivity index (χ1) is 5.22. The molecule has 0 aliphatic heterocycles. The summed E-state index contributed by atoms with van der Waals surface area (Å²) in [5.41, 5.74) is 0. The Morgan fingerprint density at radius 2 is 1.91 bits per heavy atom. The van der Waals surface area contributed by atoms with Gasteiger partial charge in [0.15, 0.2) is 0 Å². The SMILES string of the molecule is CCN(C)C=O.CCOC=O. The molecule has 4 nitrogen and oxygen atoms in total. The minimum Gasteiger partial charge on any atom is -0.468 e. The van der Waals surface area contributed by atoms with Gasteiger partial charge in [-0.2, -0.15) is 0 Å². The minimum atomic E-state index is 0.431. The first kappa shape index (κ1) is 12.6. The smallest absolute Gasteiger partial charge is 0.293 e. The van der Waals surface area contributed by atoms with Gasteiger partial charge in [0.2, 0.25) is 6.41 Å². The van der Waals surface area contributed by atoms with E-state index in [9.17, 15) is 9.59 Å². The molecule has 0 atom stereocenters. The molecule has 4 heteroatoms. The standard InChI is InChI=1S/C4H9NO.C3H6O2/c1-3-5(2)4-6;1-2-5-3-4/h4H,3H2,1-2H3;3H,2H2,1H3. The van der Waals surface area contributed by atoms with E-state index >= 15 is 0 Å². The van der Waals surface area contributed by atoms with Gasteiger partial charge in [0.25, 0.3) is 6.47 Å². The van der Waals surface area contributed by atoms with Crippen molar-refractivity contribution < 1.29 is 14.3 Å². The van der Waals surface area contributed by atoms with Gasteiger partial charge in [0.1, 0.15) is 0 Å². The Morgan fingerprint density at radius 1 is 1.36 bits per heavy atom. The second-order valence-electron chi connectivity index (χ2n) is 1.73. The lowest BCUT2D eigenvalue weighted by atomic mass is 10.7. The molecular weight excluding hydrogens is 146 g/mol. The van der Waals surface area contributed by atoms with E-state index in [1.165, 1.54) is 0 Å². The summed E-state index contributed by atoms with van der Waals surface area (Å²) in [6, 6.07) is 0. The van der Waals surface area contributed by atoms with Crippen molar-refractivity contribution in [2.24, 2.45) is 0 Å².